The van der Waals surface area contributed by atoms with E-state index in [1.54, 1.807) is 7.05 Å². The molecule has 0 amide bonds. The van der Waals surface area contributed by atoms with Gasteiger partial charge in [-0.25, -0.2) is 0 Å². The summed E-state index contributed by atoms with van der Waals surface area (Å²) in [7, 11) is 1.74. The number of halogens is 3. The van der Waals surface area contributed by atoms with Crippen LogP contribution in [0.1, 0.15) is 25.3 Å². The zero-order valence-corrected chi connectivity index (χ0v) is 10.5. The molecular weight excluding hydrogens is 247 g/mol. The first-order valence-corrected chi connectivity index (χ1v) is 5.70. The number of aliphatic hydroxyl groups excluding tert-OH is 1. The maximum absolute atomic E-state index is 12.3. The van der Waals surface area contributed by atoms with Crippen LogP contribution in [0.2, 0.25) is 0 Å². The third kappa shape index (κ3) is 3.99. The number of hydrogen-bond donors (Lipinski definition) is 2. The standard InChI is InChI=1S/C11H18F3N3O/c1-10(8-18,15-2)4-3-5-17-7-9(6-16-17)11(12,13)14/h6-7,15,18H,3-5,8H2,1-2H3. The Morgan fingerprint density at radius 1 is 1.44 bits per heavy atom. The van der Waals surface area contributed by atoms with E-state index in [0.29, 0.717) is 19.4 Å². The van der Waals surface area contributed by atoms with E-state index in [0.717, 1.165) is 12.4 Å². The molecule has 104 valence electrons. The van der Waals surface area contributed by atoms with Crippen LogP contribution in [-0.4, -0.2) is 34.1 Å². The number of aliphatic hydroxyl groups is 1. The van der Waals surface area contributed by atoms with Crippen LogP contribution >= 0.6 is 0 Å². The zero-order chi connectivity index (χ0) is 13.8. The molecule has 1 heterocycles. The zero-order valence-electron chi connectivity index (χ0n) is 10.5. The van der Waals surface area contributed by atoms with Gasteiger partial charge in [0.05, 0.1) is 18.4 Å². The number of aryl methyl sites for hydroxylation is 1. The molecule has 7 heteroatoms. The second kappa shape index (κ2) is 5.71. The molecule has 1 atom stereocenters. The van der Waals surface area contributed by atoms with Crippen LogP contribution in [0.5, 0.6) is 0 Å². The Hall–Kier alpha value is -1.08. The lowest BCUT2D eigenvalue weighted by molar-refractivity contribution is -0.137. The summed E-state index contributed by atoms with van der Waals surface area (Å²) in [6, 6.07) is 0. The molecule has 0 fully saturated rings. The maximum Gasteiger partial charge on any atom is 0.419 e. The predicted octanol–water partition coefficient (Wildman–Crippen LogP) is 1.65. The van der Waals surface area contributed by atoms with Crippen molar-refractivity contribution in [1.29, 1.82) is 0 Å². The fraction of sp³-hybridized carbons (Fsp3) is 0.727. The molecule has 0 spiro atoms. The minimum absolute atomic E-state index is 0.0175. The Bertz CT molecular complexity index is 372. The molecule has 1 unspecified atom stereocenters. The highest BCUT2D eigenvalue weighted by molar-refractivity contribution is 5.08. The summed E-state index contributed by atoms with van der Waals surface area (Å²) in [6.45, 7) is 2.24. The average Bonchev–Trinajstić information content (AvgIpc) is 2.77. The van der Waals surface area contributed by atoms with Gasteiger partial charge in [0.2, 0.25) is 0 Å². The van der Waals surface area contributed by atoms with Gasteiger partial charge in [-0.3, -0.25) is 4.68 Å². The van der Waals surface area contributed by atoms with E-state index in [4.69, 9.17) is 5.11 Å². The van der Waals surface area contributed by atoms with Crippen molar-refractivity contribution in [3.8, 4) is 0 Å². The van der Waals surface area contributed by atoms with Gasteiger partial charge >= 0.3 is 6.18 Å². The molecule has 1 aromatic heterocycles. The first kappa shape index (κ1) is 15.0. The summed E-state index contributed by atoms with van der Waals surface area (Å²) in [5, 5.41) is 15.8. The first-order valence-electron chi connectivity index (χ1n) is 5.70. The number of likely N-dealkylation sites (N-methyl/N-ethyl adjacent to an activating group) is 1. The van der Waals surface area contributed by atoms with Crippen molar-refractivity contribution in [3.05, 3.63) is 18.0 Å². The van der Waals surface area contributed by atoms with Crippen molar-refractivity contribution >= 4 is 0 Å². The Balaban J connectivity index is 2.48. The van der Waals surface area contributed by atoms with Crippen LogP contribution < -0.4 is 5.32 Å². The van der Waals surface area contributed by atoms with Crippen molar-refractivity contribution < 1.29 is 18.3 Å². The quantitative estimate of drug-likeness (QED) is 0.822. The number of hydrogen-bond acceptors (Lipinski definition) is 3. The van der Waals surface area contributed by atoms with E-state index in [2.05, 4.69) is 10.4 Å². The van der Waals surface area contributed by atoms with Crippen molar-refractivity contribution in [2.24, 2.45) is 0 Å². The number of rotatable bonds is 6. The summed E-state index contributed by atoms with van der Waals surface area (Å²) in [6.07, 6.45) is -1.24. The van der Waals surface area contributed by atoms with Gasteiger partial charge in [0.1, 0.15) is 0 Å². The summed E-state index contributed by atoms with van der Waals surface area (Å²) in [4.78, 5) is 0. The third-order valence-corrected chi connectivity index (χ3v) is 3.03. The van der Waals surface area contributed by atoms with E-state index in [1.165, 1.54) is 4.68 Å². The third-order valence-electron chi connectivity index (χ3n) is 3.03. The molecule has 1 rings (SSSR count). The Morgan fingerprint density at radius 3 is 2.56 bits per heavy atom. The highest BCUT2D eigenvalue weighted by Crippen LogP contribution is 2.28. The van der Waals surface area contributed by atoms with Gasteiger partial charge in [-0.15, -0.1) is 0 Å². The fourth-order valence-corrected chi connectivity index (χ4v) is 1.55. The van der Waals surface area contributed by atoms with Crippen LogP contribution in [0.25, 0.3) is 0 Å². The van der Waals surface area contributed by atoms with E-state index < -0.39 is 17.3 Å². The number of alkyl halides is 3. The molecule has 2 N–H and O–H groups in total. The lowest BCUT2D eigenvalue weighted by atomic mass is 9.97. The highest BCUT2D eigenvalue weighted by Gasteiger charge is 2.32. The topological polar surface area (TPSA) is 50.1 Å². The maximum atomic E-state index is 12.3. The Labute approximate surface area is 104 Å². The summed E-state index contributed by atoms with van der Waals surface area (Å²) >= 11 is 0. The minimum Gasteiger partial charge on any atom is -0.394 e. The monoisotopic (exact) mass is 265 g/mol. The SMILES string of the molecule is CNC(C)(CO)CCCn1cc(C(F)(F)F)cn1. The molecule has 0 aliphatic rings. The van der Waals surface area contributed by atoms with Crippen LogP contribution in [0.15, 0.2) is 12.4 Å². The Kier molecular flexibility index (Phi) is 4.75. The number of nitrogens with one attached hydrogen (secondary N) is 1. The van der Waals surface area contributed by atoms with Gasteiger partial charge < -0.3 is 10.4 Å². The molecule has 0 radical (unpaired) electrons. The van der Waals surface area contributed by atoms with E-state index in [9.17, 15) is 13.2 Å². The van der Waals surface area contributed by atoms with Crippen LogP contribution in [0.4, 0.5) is 13.2 Å². The molecule has 0 aromatic carbocycles. The van der Waals surface area contributed by atoms with Crippen molar-refractivity contribution in [2.45, 2.75) is 38.0 Å². The molecule has 1 aromatic rings. The molecule has 0 aliphatic heterocycles. The van der Waals surface area contributed by atoms with Gasteiger partial charge in [-0.05, 0) is 26.8 Å². The van der Waals surface area contributed by atoms with Crippen molar-refractivity contribution in [1.82, 2.24) is 15.1 Å². The highest BCUT2D eigenvalue weighted by atomic mass is 19.4. The molecule has 0 bridgehead atoms. The van der Waals surface area contributed by atoms with Gasteiger partial charge in [-0.1, -0.05) is 0 Å². The average molecular weight is 265 g/mol. The molecule has 0 aliphatic carbocycles. The summed E-state index contributed by atoms with van der Waals surface area (Å²) in [5.74, 6) is 0. The van der Waals surface area contributed by atoms with Crippen LogP contribution in [0.3, 0.4) is 0 Å². The normalized spacial score (nSPS) is 15.7. The van der Waals surface area contributed by atoms with E-state index >= 15 is 0 Å². The van der Waals surface area contributed by atoms with Crippen LogP contribution in [-0.2, 0) is 12.7 Å². The molecule has 0 saturated carbocycles. The minimum atomic E-state index is -4.34. The first-order chi connectivity index (χ1) is 8.30. The lowest BCUT2D eigenvalue weighted by Gasteiger charge is -2.26. The number of aromatic nitrogens is 2. The largest absolute Gasteiger partial charge is 0.419 e. The second-order valence-corrected chi connectivity index (χ2v) is 4.56. The summed E-state index contributed by atoms with van der Waals surface area (Å²) < 4.78 is 38.3. The fourth-order valence-electron chi connectivity index (χ4n) is 1.55. The van der Waals surface area contributed by atoms with E-state index in [-0.39, 0.29) is 6.61 Å². The lowest BCUT2D eigenvalue weighted by Crippen LogP contribution is -2.43. The molecule has 18 heavy (non-hydrogen) atoms. The smallest absolute Gasteiger partial charge is 0.394 e. The molecular formula is C11H18F3N3O. The van der Waals surface area contributed by atoms with Crippen molar-refractivity contribution in [2.75, 3.05) is 13.7 Å². The summed E-state index contributed by atoms with van der Waals surface area (Å²) in [5.41, 5.74) is -1.14. The second-order valence-electron chi connectivity index (χ2n) is 4.56. The van der Waals surface area contributed by atoms with Crippen molar-refractivity contribution in [3.63, 3.8) is 0 Å². The predicted molar refractivity (Wildman–Crippen MR) is 61.0 cm³/mol. The molecule has 0 saturated heterocycles. The molecule has 4 nitrogen and oxygen atoms in total. The Morgan fingerprint density at radius 2 is 2.11 bits per heavy atom. The van der Waals surface area contributed by atoms with Crippen LogP contribution in [0, 0.1) is 0 Å². The van der Waals surface area contributed by atoms with Gasteiger partial charge in [0, 0.05) is 18.3 Å². The van der Waals surface area contributed by atoms with Gasteiger partial charge in [0.25, 0.3) is 0 Å². The van der Waals surface area contributed by atoms with Gasteiger partial charge in [-0.2, -0.15) is 18.3 Å². The number of nitrogens with zero attached hydrogens (tertiary/aromatic N) is 2. The van der Waals surface area contributed by atoms with E-state index in [1.807, 2.05) is 6.92 Å². The van der Waals surface area contributed by atoms with Gasteiger partial charge in [0.15, 0.2) is 0 Å².